The Morgan fingerprint density at radius 2 is 2.38 bits per heavy atom. The molecule has 0 saturated carbocycles. The number of carbonyl (C=O) groups excluding carboxylic acids is 1. The Kier molecular flexibility index (Phi) is 1.86. The van der Waals surface area contributed by atoms with Gasteiger partial charge in [0.15, 0.2) is 12.0 Å². The molecule has 0 bridgehead atoms. The zero-order chi connectivity index (χ0) is 11.1. The molecule has 1 amide bonds. The average molecular weight is 217 g/mol. The summed E-state index contributed by atoms with van der Waals surface area (Å²) in [5, 5.41) is 2.49. The Balaban J connectivity index is 1.98. The van der Waals surface area contributed by atoms with E-state index in [4.69, 9.17) is 10.5 Å². The normalized spacial score (nSPS) is 22.4. The van der Waals surface area contributed by atoms with Crippen molar-refractivity contribution in [1.29, 1.82) is 0 Å². The van der Waals surface area contributed by atoms with Crippen LogP contribution in [0.5, 0.6) is 5.75 Å². The first-order valence-corrected chi connectivity index (χ1v) is 5.14. The summed E-state index contributed by atoms with van der Waals surface area (Å²) in [6.07, 6.45) is 0.886. The molecule has 16 heavy (non-hydrogen) atoms. The predicted octanol–water partition coefficient (Wildman–Crippen LogP) is 0.107. The number of nitrogens with one attached hydrogen (secondary N) is 1. The molecule has 3 rings (SSSR count). The number of amides is 1. The summed E-state index contributed by atoms with van der Waals surface area (Å²) in [4.78, 5) is 15.6. The molecule has 2 heterocycles. The molecule has 0 saturated heterocycles. The van der Waals surface area contributed by atoms with Crippen molar-refractivity contribution < 1.29 is 9.53 Å². The van der Waals surface area contributed by atoms with Gasteiger partial charge in [-0.05, 0) is 23.3 Å². The van der Waals surface area contributed by atoms with Crippen molar-refractivity contribution in [2.45, 2.75) is 12.5 Å². The zero-order valence-electron chi connectivity index (χ0n) is 8.56. The van der Waals surface area contributed by atoms with Crippen LogP contribution in [0.4, 0.5) is 0 Å². The highest BCUT2D eigenvalue weighted by Crippen LogP contribution is 2.30. The first-order valence-electron chi connectivity index (χ1n) is 5.14. The minimum absolute atomic E-state index is 0.170. The number of rotatable bonds is 1. The maximum Gasteiger partial charge on any atom is 0.256 e. The summed E-state index contributed by atoms with van der Waals surface area (Å²) in [5.74, 6) is 0.919. The smallest absolute Gasteiger partial charge is 0.256 e. The van der Waals surface area contributed by atoms with Gasteiger partial charge in [-0.25, -0.2) is 4.99 Å². The van der Waals surface area contributed by atoms with E-state index < -0.39 is 6.04 Å². The molecule has 2 aliphatic rings. The van der Waals surface area contributed by atoms with Crippen molar-refractivity contribution in [2.75, 3.05) is 6.61 Å². The molecule has 1 unspecified atom stereocenters. The van der Waals surface area contributed by atoms with Gasteiger partial charge >= 0.3 is 0 Å². The van der Waals surface area contributed by atoms with Crippen LogP contribution in [-0.4, -0.2) is 18.5 Å². The second kappa shape index (κ2) is 3.23. The number of carbonyl (C=O) groups is 1. The lowest BCUT2D eigenvalue weighted by Crippen LogP contribution is -2.31. The van der Waals surface area contributed by atoms with E-state index in [0.717, 1.165) is 23.3 Å². The number of aliphatic imine (C=N–C) groups is 1. The molecule has 1 atom stereocenters. The molecule has 5 heteroatoms. The standard InChI is InChI=1S/C11H11N3O2/c12-11-13-9(10(15)14-11)7-1-2-8-6(5-7)3-4-16-8/h1-2,5,9H,3-4H2,(H3,12,13,14,15). The van der Waals surface area contributed by atoms with Crippen molar-refractivity contribution in [2.24, 2.45) is 10.7 Å². The first-order chi connectivity index (χ1) is 7.74. The number of nitrogens with two attached hydrogens (primary N) is 1. The molecule has 82 valence electrons. The molecule has 0 aliphatic carbocycles. The summed E-state index contributed by atoms with van der Waals surface area (Å²) in [6.45, 7) is 0.709. The molecule has 1 aromatic rings. The summed E-state index contributed by atoms with van der Waals surface area (Å²) in [5.41, 5.74) is 7.45. The van der Waals surface area contributed by atoms with Gasteiger partial charge in [0.05, 0.1) is 6.61 Å². The van der Waals surface area contributed by atoms with E-state index in [0.29, 0.717) is 6.61 Å². The van der Waals surface area contributed by atoms with E-state index >= 15 is 0 Å². The van der Waals surface area contributed by atoms with Gasteiger partial charge in [-0.3, -0.25) is 10.1 Å². The van der Waals surface area contributed by atoms with Gasteiger partial charge in [0.2, 0.25) is 0 Å². The maximum absolute atomic E-state index is 11.5. The molecule has 3 N–H and O–H groups in total. The summed E-state index contributed by atoms with van der Waals surface area (Å²) in [7, 11) is 0. The molecule has 0 spiro atoms. The highest BCUT2D eigenvalue weighted by Gasteiger charge is 2.27. The number of fused-ring (bicyclic) bond motifs is 1. The van der Waals surface area contributed by atoms with Crippen LogP contribution in [0.3, 0.4) is 0 Å². The van der Waals surface area contributed by atoms with Crippen LogP contribution < -0.4 is 15.8 Å². The molecule has 2 aliphatic heterocycles. The van der Waals surface area contributed by atoms with Gasteiger partial charge in [-0.15, -0.1) is 0 Å². The highest BCUT2D eigenvalue weighted by molar-refractivity contribution is 6.04. The Labute approximate surface area is 92.3 Å². The number of ether oxygens (including phenoxy) is 1. The Morgan fingerprint density at radius 1 is 1.50 bits per heavy atom. The minimum atomic E-state index is -0.508. The summed E-state index contributed by atoms with van der Waals surface area (Å²) < 4.78 is 5.40. The topological polar surface area (TPSA) is 76.7 Å². The fourth-order valence-corrected chi connectivity index (χ4v) is 2.03. The molecule has 1 aromatic carbocycles. The largest absolute Gasteiger partial charge is 0.493 e. The second-order valence-electron chi connectivity index (χ2n) is 3.87. The fraction of sp³-hybridized carbons (Fsp3) is 0.273. The van der Waals surface area contributed by atoms with Crippen LogP contribution in [-0.2, 0) is 11.2 Å². The second-order valence-corrected chi connectivity index (χ2v) is 3.87. The lowest BCUT2D eigenvalue weighted by Gasteiger charge is -2.06. The van der Waals surface area contributed by atoms with Gasteiger partial charge < -0.3 is 10.5 Å². The number of nitrogens with zero attached hydrogens (tertiary/aromatic N) is 1. The fourth-order valence-electron chi connectivity index (χ4n) is 2.03. The zero-order valence-corrected chi connectivity index (χ0v) is 8.56. The van der Waals surface area contributed by atoms with E-state index in [1.54, 1.807) is 0 Å². The number of hydrogen-bond donors (Lipinski definition) is 2. The Morgan fingerprint density at radius 3 is 3.12 bits per heavy atom. The van der Waals surface area contributed by atoms with Crippen molar-refractivity contribution in [3.8, 4) is 5.75 Å². The molecule has 0 fully saturated rings. The van der Waals surface area contributed by atoms with E-state index in [9.17, 15) is 4.79 Å². The summed E-state index contributed by atoms with van der Waals surface area (Å²) >= 11 is 0. The molecular weight excluding hydrogens is 206 g/mol. The predicted molar refractivity (Wildman–Crippen MR) is 58.1 cm³/mol. The van der Waals surface area contributed by atoms with Crippen LogP contribution >= 0.6 is 0 Å². The quantitative estimate of drug-likeness (QED) is 0.700. The minimum Gasteiger partial charge on any atom is -0.493 e. The third-order valence-corrected chi connectivity index (χ3v) is 2.80. The van der Waals surface area contributed by atoms with Crippen molar-refractivity contribution in [3.05, 3.63) is 29.3 Å². The number of benzene rings is 1. The number of hydrogen-bond acceptors (Lipinski definition) is 4. The Bertz CT molecular complexity index is 496. The van der Waals surface area contributed by atoms with Crippen LogP contribution in [0.25, 0.3) is 0 Å². The van der Waals surface area contributed by atoms with E-state index in [1.165, 1.54) is 0 Å². The van der Waals surface area contributed by atoms with Gasteiger partial charge in [-0.2, -0.15) is 0 Å². The van der Waals surface area contributed by atoms with Gasteiger partial charge in [0, 0.05) is 6.42 Å². The van der Waals surface area contributed by atoms with Crippen molar-refractivity contribution >= 4 is 11.9 Å². The van der Waals surface area contributed by atoms with E-state index in [-0.39, 0.29) is 11.9 Å². The van der Waals surface area contributed by atoms with E-state index in [2.05, 4.69) is 10.3 Å². The summed E-state index contributed by atoms with van der Waals surface area (Å²) in [6, 6.07) is 5.20. The maximum atomic E-state index is 11.5. The highest BCUT2D eigenvalue weighted by atomic mass is 16.5. The van der Waals surface area contributed by atoms with Crippen LogP contribution in [0, 0.1) is 0 Å². The Hall–Kier alpha value is -2.04. The van der Waals surface area contributed by atoms with Crippen molar-refractivity contribution in [1.82, 2.24) is 5.32 Å². The third kappa shape index (κ3) is 1.32. The molecule has 0 aromatic heterocycles. The van der Waals surface area contributed by atoms with Gasteiger partial charge in [0.1, 0.15) is 5.75 Å². The van der Waals surface area contributed by atoms with Crippen LogP contribution in [0.15, 0.2) is 23.2 Å². The molecular formula is C11H11N3O2. The SMILES string of the molecule is NC1=NC(c2ccc3c(c2)CCO3)C(=O)N1. The number of guanidine groups is 1. The van der Waals surface area contributed by atoms with Gasteiger partial charge in [0.25, 0.3) is 5.91 Å². The lowest BCUT2D eigenvalue weighted by molar-refractivity contribution is -0.120. The van der Waals surface area contributed by atoms with Crippen molar-refractivity contribution in [3.63, 3.8) is 0 Å². The molecule has 5 nitrogen and oxygen atoms in total. The average Bonchev–Trinajstić information content (AvgIpc) is 2.83. The monoisotopic (exact) mass is 217 g/mol. The van der Waals surface area contributed by atoms with Gasteiger partial charge in [-0.1, -0.05) is 6.07 Å². The first kappa shape index (κ1) is 9.21. The molecule has 0 radical (unpaired) electrons. The van der Waals surface area contributed by atoms with Crippen LogP contribution in [0.2, 0.25) is 0 Å². The lowest BCUT2D eigenvalue weighted by atomic mass is 10.0. The van der Waals surface area contributed by atoms with Crippen LogP contribution in [0.1, 0.15) is 17.2 Å². The van der Waals surface area contributed by atoms with E-state index in [1.807, 2.05) is 18.2 Å². The third-order valence-electron chi connectivity index (χ3n) is 2.80.